The Bertz CT molecular complexity index is 706. The second-order valence-corrected chi connectivity index (χ2v) is 10.5. The molecule has 0 spiro atoms. The van der Waals surface area contributed by atoms with Gasteiger partial charge in [0.25, 0.3) is 0 Å². The van der Waals surface area contributed by atoms with Gasteiger partial charge in [-0.15, -0.1) is 0 Å². The summed E-state index contributed by atoms with van der Waals surface area (Å²) < 4.78 is 33.1. The van der Waals surface area contributed by atoms with E-state index in [0.717, 1.165) is 65.0 Å². The first kappa shape index (κ1) is 19.4. The fraction of sp³-hybridized carbons (Fsp3) is 0.714. The van der Waals surface area contributed by atoms with E-state index in [1.54, 1.807) is 4.31 Å². The first-order valence-electron chi connectivity index (χ1n) is 10.4. The van der Waals surface area contributed by atoms with Gasteiger partial charge in [-0.2, -0.15) is 0 Å². The Morgan fingerprint density at radius 2 is 1.70 bits per heavy atom. The number of rotatable bonds is 6. The zero-order chi connectivity index (χ0) is 18.7. The summed E-state index contributed by atoms with van der Waals surface area (Å²) in [6.45, 7) is 5.97. The summed E-state index contributed by atoms with van der Waals surface area (Å²) in [7, 11) is -3.14. The molecule has 0 aromatic heterocycles. The van der Waals surface area contributed by atoms with Crippen LogP contribution in [0.5, 0.6) is 0 Å². The molecule has 2 heterocycles. The smallest absolute Gasteiger partial charge is 0.214 e. The van der Waals surface area contributed by atoms with Gasteiger partial charge in [0.15, 0.2) is 0 Å². The number of hydrogen-bond donors (Lipinski definition) is 0. The van der Waals surface area contributed by atoms with Crippen LogP contribution < -0.4 is 0 Å². The van der Waals surface area contributed by atoms with Crippen LogP contribution in [0.1, 0.15) is 30.4 Å². The van der Waals surface area contributed by atoms with Crippen LogP contribution in [0.2, 0.25) is 0 Å². The Kier molecular flexibility index (Phi) is 6.17. The molecule has 0 radical (unpaired) electrons. The summed E-state index contributed by atoms with van der Waals surface area (Å²) in [6, 6.07) is 8.54. The highest BCUT2D eigenvalue weighted by Crippen LogP contribution is 2.29. The molecular formula is C21H32N2O3S. The monoisotopic (exact) mass is 392 g/mol. The van der Waals surface area contributed by atoms with Crippen molar-refractivity contribution in [1.29, 1.82) is 0 Å². The topological polar surface area (TPSA) is 49.9 Å². The Hall–Kier alpha value is -0.950. The number of sulfonamides is 1. The molecule has 6 heteroatoms. The zero-order valence-corrected chi connectivity index (χ0v) is 17.0. The fourth-order valence-corrected chi connectivity index (χ4v) is 6.61. The molecule has 4 rings (SSSR count). The lowest BCUT2D eigenvalue weighted by atomic mass is 9.99. The minimum atomic E-state index is -3.14. The van der Waals surface area contributed by atoms with Crippen LogP contribution in [0.4, 0.5) is 0 Å². The van der Waals surface area contributed by atoms with Crippen LogP contribution >= 0.6 is 0 Å². The van der Waals surface area contributed by atoms with E-state index in [-0.39, 0.29) is 0 Å². The van der Waals surface area contributed by atoms with Crippen LogP contribution in [0, 0.1) is 11.8 Å². The standard InChI is InChI=1S/C21H32N2O3S/c24-27(25,13-7-18-14-20-5-1-2-6-21(20)15-18)23-8-3-4-19(17-23)16-22-9-11-26-12-10-22/h1-2,5-6,18-19H,3-4,7-17H2/t19-/m1/s1. The zero-order valence-electron chi connectivity index (χ0n) is 16.2. The summed E-state index contributed by atoms with van der Waals surface area (Å²) >= 11 is 0. The molecule has 0 unspecified atom stereocenters. The Morgan fingerprint density at radius 3 is 2.41 bits per heavy atom. The Labute approximate surface area is 163 Å². The van der Waals surface area contributed by atoms with Gasteiger partial charge in [0, 0.05) is 32.7 Å². The molecule has 0 saturated carbocycles. The van der Waals surface area contributed by atoms with Crippen molar-refractivity contribution < 1.29 is 13.2 Å². The minimum Gasteiger partial charge on any atom is -0.379 e. The van der Waals surface area contributed by atoms with E-state index in [1.807, 2.05) is 0 Å². The van der Waals surface area contributed by atoms with Crippen LogP contribution in [0.3, 0.4) is 0 Å². The Balaban J connectivity index is 1.28. The van der Waals surface area contributed by atoms with E-state index >= 15 is 0 Å². The van der Waals surface area contributed by atoms with E-state index in [9.17, 15) is 8.42 Å². The number of hydrogen-bond acceptors (Lipinski definition) is 4. The largest absolute Gasteiger partial charge is 0.379 e. The van der Waals surface area contributed by atoms with Gasteiger partial charge in [0.2, 0.25) is 10.0 Å². The molecule has 27 heavy (non-hydrogen) atoms. The summed E-state index contributed by atoms with van der Waals surface area (Å²) in [5.74, 6) is 1.24. The third-order valence-corrected chi connectivity index (χ3v) is 8.28. The molecule has 2 fully saturated rings. The lowest BCUT2D eigenvalue weighted by Gasteiger charge is -2.36. The molecule has 2 aliphatic heterocycles. The maximum absolute atomic E-state index is 12.9. The van der Waals surface area contributed by atoms with Gasteiger partial charge in [-0.3, -0.25) is 4.90 Å². The van der Waals surface area contributed by atoms with Gasteiger partial charge >= 0.3 is 0 Å². The second-order valence-electron chi connectivity index (χ2n) is 8.43. The van der Waals surface area contributed by atoms with Crippen LogP contribution in [0.25, 0.3) is 0 Å². The summed E-state index contributed by atoms with van der Waals surface area (Å²) in [4.78, 5) is 2.43. The maximum atomic E-state index is 12.9. The minimum absolute atomic E-state index is 0.302. The highest BCUT2D eigenvalue weighted by molar-refractivity contribution is 7.89. The van der Waals surface area contributed by atoms with Crippen molar-refractivity contribution in [1.82, 2.24) is 9.21 Å². The van der Waals surface area contributed by atoms with Crippen LogP contribution in [-0.2, 0) is 27.6 Å². The predicted molar refractivity (Wildman–Crippen MR) is 107 cm³/mol. The van der Waals surface area contributed by atoms with Gasteiger partial charge in [0.05, 0.1) is 19.0 Å². The molecule has 0 amide bonds. The average molecular weight is 393 g/mol. The SMILES string of the molecule is O=S(=O)(CCC1Cc2ccccc2C1)N1CCC[C@H](CN2CCOCC2)C1. The lowest BCUT2D eigenvalue weighted by molar-refractivity contribution is 0.0265. The molecule has 0 N–H and O–H groups in total. The molecular weight excluding hydrogens is 360 g/mol. The molecule has 1 aliphatic carbocycles. The normalized spacial score (nSPS) is 25.6. The molecule has 0 bridgehead atoms. The molecule has 5 nitrogen and oxygen atoms in total. The molecule has 3 aliphatic rings. The van der Waals surface area contributed by atoms with Crippen LogP contribution in [-0.4, -0.2) is 69.3 Å². The number of fused-ring (bicyclic) bond motifs is 1. The molecule has 1 aromatic rings. The Morgan fingerprint density at radius 1 is 1.00 bits per heavy atom. The fourth-order valence-electron chi connectivity index (χ4n) is 4.88. The number of morpholine rings is 1. The molecule has 150 valence electrons. The maximum Gasteiger partial charge on any atom is 0.214 e. The predicted octanol–water partition coefficient (Wildman–Crippen LogP) is 2.17. The number of piperidine rings is 1. The lowest BCUT2D eigenvalue weighted by Crippen LogP contribution is -2.46. The van der Waals surface area contributed by atoms with Crippen molar-refractivity contribution in [3.8, 4) is 0 Å². The molecule has 2 saturated heterocycles. The molecule has 1 atom stereocenters. The second kappa shape index (κ2) is 8.60. The third kappa shape index (κ3) is 4.91. The highest BCUT2D eigenvalue weighted by atomic mass is 32.2. The molecule has 1 aromatic carbocycles. The number of benzene rings is 1. The van der Waals surface area contributed by atoms with E-state index in [2.05, 4.69) is 29.2 Å². The average Bonchev–Trinajstić information content (AvgIpc) is 3.11. The summed E-state index contributed by atoms with van der Waals surface area (Å²) in [5.41, 5.74) is 2.81. The van der Waals surface area contributed by atoms with Gasteiger partial charge in [-0.25, -0.2) is 12.7 Å². The van der Waals surface area contributed by atoms with Crippen molar-refractivity contribution in [2.45, 2.75) is 32.1 Å². The number of nitrogens with zero attached hydrogens (tertiary/aromatic N) is 2. The van der Waals surface area contributed by atoms with Crippen molar-refractivity contribution >= 4 is 10.0 Å². The summed E-state index contributed by atoms with van der Waals surface area (Å²) in [6.07, 6.45) is 4.97. The van der Waals surface area contributed by atoms with Crippen molar-refractivity contribution in [3.63, 3.8) is 0 Å². The highest BCUT2D eigenvalue weighted by Gasteiger charge is 2.31. The van der Waals surface area contributed by atoms with Crippen molar-refractivity contribution in [2.75, 3.05) is 51.7 Å². The van der Waals surface area contributed by atoms with Crippen molar-refractivity contribution in [3.05, 3.63) is 35.4 Å². The van der Waals surface area contributed by atoms with E-state index in [1.165, 1.54) is 11.1 Å². The van der Waals surface area contributed by atoms with Crippen molar-refractivity contribution in [2.24, 2.45) is 11.8 Å². The van der Waals surface area contributed by atoms with E-state index in [0.29, 0.717) is 30.7 Å². The van der Waals surface area contributed by atoms with Crippen LogP contribution in [0.15, 0.2) is 24.3 Å². The number of ether oxygens (including phenoxy) is 1. The summed E-state index contributed by atoms with van der Waals surface area (Å²) in [5, 5.41) is 0. The van der Waals surface area contributed by atoms with Gasteiger partial charge in [0.1, 0.15) is 0 Å². The van der Waals surface area contributed by atoms with Gasteiger partial charge in [-0.05, 0) is 55.1 Å². The van der Waals surface area contributed by atoms with E-state index < -0.39 is 10.0 Å². The van der Waals surface area contributed by atoms with Gasteiger partial charge < -0.3 is 4.74 Å². The first-order valence-corrected chi connectivity index (χ1v) is 12.1. The first-order chi connectivity index (χ1) is 13.1. The third-order valence-electron chi connectivity index (χ3n) is 6.41. The van der Waals surface area contributed by atoms with Gasteiger partial charge in [-0.1, -0.05) is 24.3 Å². The van der Waals surface area contributed by atoms with E-state index in [4.69, 9.17) is 4.74 Å². The quantitative estimate of drug-likeness (QED) is 0.745.